The molecule has 0 unspecified atom stereocenters. The lowest BCUT2D eigenvalue weighted by Crippen LogP contribution is -2.37. The van der Waals surface area contributed by atoms with Crippen molar-refractivity contribution < 1.29 is 18.9 Å². The van der Waals surface area contributed by atoms with E-state index in [0.717, 1.165) is 22.8 Å². The van der Waals surface area contributed by atoms with Gasteiger partial charge in [0.1, 0.15) is 0 Å². The molecule has 0 spiro atoms. The van der Waals surface area contributed by atoms with E-state index in [9.17, 15) is 14.4 Å². The van der Waals surface area contributed by atoms with Gasteiger partial charge in [-0.15, -0.1) is 11.3 Å². The molecule has 1 aliphatic heterocycles. The Kier molecular flexibility index (Phi) is 3.38. The molecule has 0 atom stereocenters. The number of carbonyl (C=O) groups is 3. The van der Waals surface area contributed by atoms with E-state index in [-0.39, 0.29) is 34.4 Å². The Labute approximate surface area is 139 Å². The van der Waals surface area contributed by atoms with Crippen molar-refractivity contribution in [3.05, 3.63) is 38.4 Å². The molecule has 2 aliphatic rings. The number of hydrogen-bond acceptors (Lipinski definition) is 7. The fourth-order valence-corrected chi connectivity index (χ4v) is 4.76. The molecule has 4 rings (SSSR count). The fraction of sp³-hybridized carbons (Fsp3) is 0.333. The quantitative estimate of drug-likeness (QED) is 0.669. The largest absolute Gasteiger partial charge is 0.352 e. The van der Waals surface area contributed by atoms with Gasteiger partial charge in [-0.25, -0.2) is 0 Å². The summed E-state index contributed by atoms with van der Waals surface area (Å²) in [7, 11) is 0. The fourth-order valence-electron chi connectivity index (χ4n) is 2.78. The summed E-state index contributed by atoms with van der Waals surface area (Å²) in [5.41, 5.74) is 0.870. The van der Waals surface area contributed by atoms with Crippen LogP contribution in [0.5, 0.6) is 0 Å². The Hall–Kier alpha value is -1.93. The molecule has 3 heterocycles. The van der Waals surface area contributed by atoms with Crippen LogP contribution < -0.4 is 0 Å². The number of aromatic nitrogens is 1. The first kappa shape index (κ1) is 14.6. The van der Waals surface area contributed by atoms with Crippen molar-refractivity contribution in [3.8, 4) is 0 Å². The van der Waals surface area contributed by atoms with Crippen LogP contribution in [-0.2, 0) is 0 Å². The molecule has 2 aromatic heterocycles. The summed E-state index contributed by atoms with van der Waals surface area (Å²) in [6, 6.07) is 1.52. The first-order valence-electron chi connectivity index (χ1n) is 7.14. The van der Waals surface area contributed by atoms with E-state index in [1.807, 2.05) is 11.8 Å². The van der Waals surface area contributed by atoms with Crippen LogP contribution in [0.25, 0.3) is 0 Å². The number of thiophene rings is 1. The van der Waals surface area contributed by atoms with E-state index in [4.69, 9.17) is 4.52 Å². The number of aryl methyl sites for hydroxylation is 1. The number of nitrogens with zero attached hydrogens (tertiary/aromatic N) is 2. The molecule has 6 nitrogen and oxygen atoms in total. The maximum absolute atomic E-state index is 12.6. The van der Waals surface area contributed by atoms with Gasteiger partial charge in [0.2, 0.25) is 17.3 Å². The standard InChI is InChI=1S/C15H12N2O4S2/c1-7-10-12(19)14-8(11(18)13(10)21-16-7)6-9(23-14)15(20)17-2-4-22-5-3-17/h6H,2-5H2,1H3. The van der Waals surface area contributed by atoms with Crippen LogP contribution >= 0.6 is 23.1 Å². The topological polar surface area (TPSA) is 80.5 Å². The number of amides is 1. The zero-order chi connectivity index (χ0) is 16.1. The normalized spacial score (nSPS) is 17.2. The zero-order valence-corrected chi connectivity index (χ0v) is 13.9. The average Bonchev–Trinajstić information content (AvgIpc) is 3.18. The van der Waals surface area contributed by atoms with Crippen LogP contribution in [0, 0.1) is 6.92 Å². The molecule has 2 aromatic rings. The third kappa shape index (κ3) is 2.16. The minimum Gasteiger partial charge on any atom is -0.352 e. The summed E-state index contributed by atoms with van der Waals surface area (Å²) in [4.78, 5) is 40.1. The third-order valence-electron chi connectivity index (χ3n) is 3.99. The number of hydrogen-bond donors (Lipinski definition) is 0. The number of carbonyl (C=O) groups excluding carboxylic acids is 3. The highest BCUT2D eigenvalue weighted by Crippen LogP contribution is 2.35. The average molecular weight is 348 g/mol. The van der Waals surface area contributed by atoms with Gasteiger partial charge in [0.25, 0.3) is 5.91 Å². The van der Waals surface area contributed by atoms with Gasteiger partial charge in [-0.3, -0.25) is 14.4 Å². The zero-order valence-electron chi connectivity index (χ0n) is 12.2. The number of rotatable bonds is 1. The second kappa shape index (κ2) is 5.31. The Bertz CT molecular complexity index is 846. The van der Waals surface area contributed by atoms with Crippen LogP contribution in [0.3, 0.4) is 0 Å². The maximum atomic E-state index is 12.6. The number of ketones is 2. The van der Waals surface area contributed by atoms with Gasteiger partial charge in [-0.1, -0.05) is 5.16 Å². The highest BCUT2D eigenvalue weighted by Gasteiger charge is 2.38. The van der Waals surface area contributed by atoms with Gasteiger partial charge >= 0.3 is 0 Å². The van der Waals surface area contributed by atoms with Crippen molar-refractivity contribution in [1.82, 2.24) is 10.1 Å². The first-order valence-corrected chi connectivity index (χ1v) is 9.11. The summed E-state index contributed by atoms with van der Waals surface area (Å²) in [6.45, 7) is 3.01. The second-order valence-corrected chi connectivity index (χ2v) is 7.67. The van der Waals surface area contributed by atoms with E-state index < -0.39 is 0 Å². The van der Waals surface area contributed by atoms with Gasteiger partial charge in [-0.05, 0) is 13.0 Å². The van der Waals surface area contributed by atoms with Crippen molar-refractivity contribution in [2.75, 3.05) is 24.6 Å². The summed E-state index contributed by atoms with van der Waals surface area (Å²) in [5, 5.41) is 3.70. The van der Waals surface area contributed by atoms with Gasteiger partial charge < -0.3 is 9.42 Å². The molecule has 0 saturated carbocycles. The van der Waals surface area contributed by atoms with Gasteiger partial charge in [0, 0.05) is 30.2 Å². The van der Waals surface area contributed by atoms with E-state index in [2.05, 4.69) is 5.16 Å². The minimum atomic E-state index is -0.375. The van der Waals surface area contributed by atoms with Crippen LogP contribution in [0.15, 0.2) is 10.6 Å². The van der Waals surface area contributed by atoms with Gasteiger partial charge in [0.15, 0.2) is 0 Å². The van der Waals surface area contributed by atoms with Crippen LogP contribution in [-0.4, -0.2) is 52.1 Å². The molecular formula is C15H12N2O4S2. The SMILES string of the molecule is Cc1noc2c1C(=O)c1sc(C(=O)N3CCSCC3)cc1C2=O. The Morgan fingerprint density at radius 1 is 1.26 bits per heavy atom. The van der Waals surface area contributed by atoms with Crippen LogP contribution in [0.2, 0.25) is 0 Å². The molecule has 1 fully saturated rings. The predicted molar refractivity (Wildman–Crippen MR) is 85.7 cm³/mol. The van der Waals surface area contributed by atoms with E-state index >= 15 is 0 Å². The summed E-state index contributed by atoms with van der Waals surface area (Å²) in [6.07, 6.45) is 0. The molecule has 8 heteroatoms. The smallest absolute Gasteiger partial charge is 0.264 e. The molecular weight excluding hydrogens is 336 g/mol. The van der Waals surface area contributed by atoms with Crippen molar-refractivity contribution >= 4 is 40.6 Å². The summed E-state index contributed by atoms with van der Waals surface area (Å²) < 4.78 is 5.00. The number of fused-ring (bicyclic) bond motifs is 2. The lowest BCUT2D eigenvalue weighted by molar-refractivity contribution is 0.0777. The first-order chi connectivity index (χ1) is 11.1. The minimum absolute atomic E-state index is 0.0221. The van der Waals surface area contributed by atoms with Crippen molar-refractivity contribution in [2.24, 2.45) is 0 Å². The van der Waals surface area contributed by atoms with Crippen LogP contribution in [0.1, 0.15) is 46.7 Å². The molecule has 1 amide bonds. The van der Waals surface area contributed by atoms with E-state index in [1.54, 1.807) is 11.8 Å². The Morgan fingerprint density at radius 2 is 2.00 bits per heavy atom. The van der Waals surface area contributed by atoms with E-state index in [1.165, 1.54) is 6.07 Å². The Balaban J connectivity index is 1.74. The lowest BCUT2D eigenvalue weighted by atomic mass is 9.93. The van der Waals surface area contributed by atoms with Crippen molar-refractivity contribution in [2.45, 2.75) is 6.92 Å². The van der Waals surface area contributed by atoms with Crippen LogP contribution in [0.4, 0.5) is 0 Å². The Morgan fingerprint density at radius 3 is 2.74 bits per heavy atom. The summed E-state index contributed by atoms with van der Waals surface area (Å²) in [5.74, 6) is 1.02. The molecule has 1 aliphatic carbocycles. The molecule has 23 heavy (non-hydrogen) atoms. The van der Waals surface area contributed by atoms with Gasteiger partial charge in [0.05, 0.1) is 21.0 Å². The predicted octanol–water partition coefficient (Wildman–Crippen LogP) is 2.01. The highest BCUT2D eigenvalue weighted by atomic mass is 32.2. The molecule has 1 saturated heterocycles. The molecule has 0 radical (unpaired) electrons. The molecule has 0 aromatic carbocycles. The lowest BCUT2D eigenvalue weighted by Gasteiger charge is -2.25. The van der Waals surface area contributed by atoms with Gasteiger partial charge in [-0.2, -0.15) is 11.8 Å². The molecule has 118 valence electrons. The monoisotopic (exact) mass is 348 g/mol. The number of thioether (sulfide) groups is 1. The summed E-state index contributed by atoms with van der Waals surface area (Å²) >= 11 is 2.90. The second-order valence-electron chi connectivity index (χ2n) is 5.39. The van der Waals surface area contributed by atoms with E-state index in [0.29, 0.717) is 28.5 Å². The molecule has 0 N–H and O–H groups in total. The maximum Gasteiger partial charge on any atom is 0.264 e. The van der Waals surface area contributed by atoms with Crippen molar-refractivity contribution in [1.29, 1.82) is 0 Å². The van der Waals surface area contributed by atoms with Crippen molar-refractivity contribution in [3.63, 3.8) is 0 Å². The third-order valence-corrected chi connectivity index (χ3v) is 6.05. The molecule has 0 bridgehead atoms. The highest BCUT2D eigenvalue weighted by molar-refractivity contribution is 7.99.